The van der Waals surface area contributed by atoms with Gasteiger partial charge in [0.1, 0.15) is 0 Å². The molecule has 0 aliphatic heterocycles. The summed E-state index contributed by atoms with van der Waals surface area (Å²) in [5.41, 5.74) is 0.789. The first-order valence-corrected chi connectivity index (χ1v) is 7.79. The van der Waals surface area contributed by atoms with Gasteiger partial charge in [0.15, 0.2) is 5.13 Å². The van der Waals surface area contributed by atoms with Crippen molar-refractivity contribution in [2.75, 3.05) is 12.4 Å². The summed E-state index contributed by atoms with van der Waals surface area (Å²) < 4.78 is 4.65. The molecule has 1 fully saturated rings. The van der Waals surface area contributed by atoms with E-state index in [-0.39, 0.29) is 12.4 Å². The number of carbonyl (C=O) groups excluding carboxylic acids is 1. The van der Waals surface area contributed by atoms with Crippen LogP contribution in [0.15, 0.2) is 5.38 Å². The number of hydrogen-bond donors (Lipinski definition) is 1. The lowest BCUT2D eigenvalue weighted by molar-refractivity contribution is -0.139. The lowest BCUT2D eigenvalue weighted by Gasteiger charge is -2.20. The van der Waals surface area contributed by atoms with Gasteiger partial charge in [0, 0.05) is 11.4 Å². The van der Waals surface area contributed by atoms with E-state index in [1.54, 1.807) is 11.3 Å². The van der Waals surface area contributed by atoms with E-state index in [2.05, 4.69) is 28.9 Å². The predicted molar refractivity (Wildman–Crippen MR) is 77.4 cm³/mol. The van der Waals surface area contributed by atoms with Crippen molar-refractivity contribution in [3.05, 3.63) is 11.1 Å². The third kappa shape index (κ3) is 3.47. The second kappa shape index (κ2) is 6.37. The third-order valence-corrected chi connectivity index (χ3v) is 4.99. The average Bonchev–Trinajstić information content (AvgIpc) is 2.98. The molecular formula is C14H22N2O2S. The van der Waals surface area contributed by atoms with Gasteiger partial charge in [-0.2, -0.15) is 0 Å². The van der Waals surface area contributed by atoms with Crippen LogP contribution in [-0.4, -0.2) is 24.1 Å². The minimum atomic E-state index is -0.239. The largest absolute Gasteiger partial charge is 0.469 e. The molecule has 4 nitrogen and oxygen atoms in total. The van der Waals surface area contributed by atoms with Gasteiger partial charge in [-0.15, -0.1) is 11.3 Å². The van der Waals surface area contributed by atoms with Crippen molar-refractivity contribution in [3.63, 3.8) is 0 Å². The summed E-state index contributed by atoms with van der Waals surface area (Å²) in [6, 6.07) is 0.516. The molecule has 5 heteroatoms. The molecule has 1 aliphatic rings. The lowest BCUT2D eigenvalue weighted by Crippen LogP contribution is -2.24. The van der Waals surface area contributed by atoms with E-state index < -0.39 is 0 Å². The van der Waals surface area contributed by atoms with Gasteiger partial charge in [0.25, 0.3) is 0 Å². The molecule has 0 radical (unpaired) electrons. The first-order chi connectivity index (χ1) is 9.13. The molecule has 0 aromatic carbocycles. The van der Waals surface area contributed by atoms with Crippen molar-refractivity contribution in [2.45, 2.75) is 45.6 Å². The molecule has 2 rings (SSSR count). The van der Waals surface area contributed by atoms with Gasteiger partial charge < -0.3 is 10.1 Å². The van der Waals surface area contributed by atoms with Gasteiger partial charge in [0.2, 0.25) is 0 Å². The molecule has 3 unspecified atom stereocenters. The van der Waals surface area contributed by atoms with Gasteiger partial charge in [-0.05, 0) is 24.7 Å². The van der Waals surface area contributed by atoms with Crippen LogP contribution >= 0.6 is 11.3 Å². The fourth-order valence-electron chi connectivity index (χ4n) is 2.86. The standard InChI is InChI=1S/C14H22N2O2S/c1-4-10-5-6-12(9(10)2)16-14-15-11(8-19-14)7-13(17)18-3/h8-10,12H,4-7H2,1-3H3,(H,15,16). The molecule has 1 aliphatic carbocycles. The second-order valence-electron chi connectivity index (χ2n) is 5.25. The van der Waals surface area contributed by atoms with E-state index in [9.17, 15) is 4.79 Å². The number of aromatic nitrogens is 1. The minimum absolute atomic E-state index is 0.239. The molecule has 3 atom stereocenters. The van der Waals surface area contributed by atoms with Crippen LogP contribution in [0.25, 0.3) is 0 Å². The monoisotopic (exact) mass is 282 g/mol. The Morgan fingerprint density at radius 3 is 3.00 bits per heavy atom. The smallest absolute Gasteiger partial charge is 0.311 e. The number of hydrogen-bond acceptors (Lipinski definition) is 5. The zero-order chi connectivity index (χ0) is 13.8. The highest BCUT2D eigenvalue weighted by molar-refractivity contribution is 7.13. The summed E-state index contributed by atoms with van der Waals surface area (Å²) >= 11 is 1.57. The Morgan fingerprint density at radius 1 is 1.58 bits per heavy atom. The third-order valence-electron chi connectivity index (χ3n) is 4.16. The minimum Gasteiger partial charge on any atom is -0.469 e. The number of nitrogens with one attached hydrogen (secondary N) is 1. The number of rotatable bonds is 5. The molecule has 19 heavy (non-hydrogen) atoms. The number of carbonyl (C=O) groups is 1. The number of methoxy groups -OCH3 is 1. The average molecular weight is 282 g/mol. The highest BCUT2D eigenvalue weighted by Gasteiger charge is 2.31. The van der Waals surface area contributed by atoms with Crippen LogP contribution in [0.4, 0.5) is 5.13 Å². The van der Waals surface area contributed by atoms with Gasteiger partial charge in [-0.1, -0.05) is 20.3 Å². The van der Waals surface area contributed by atoms with Crippen LogP contribution < -0.4 is 5.32 Å². The topological polar surface area (TPSA) is 51.2 Å². The zero-order valence-electron chi connectivity index (χ0n) is 11.8. The zero-order valence-corrected chi connectivity index (χ0v) is 12.6. The normalized spacial score (nSPS) is 26.4. The molecule has 0 saturated heterocycles. The summed E-state index contributed by atoms with van der Waals surface area (Å²) in [6.07, 6.45) is 4.03. The fraction of sp³-hybridized carbons (Fsp3) is 0.714. The summed E-state index contributed by atoms with van der Waals surface area (Å²) in [5.74, 6) is 1.28. The number of thiazole rings is 1. The van der Waals surface area contributed by atoms with Gasteiger partial charge >= 0.3 is 5.97 Å². The number of anilines is 1. The highest BCUT2D eigenvalue weighted by atomic mass is 32.1. The van der Waals surface area contributed by atoms with Crippen LogP contribution in [0.1, 0.15) is 38.8 Å². The van der Waals surface area contributed by atoms with Crippen molar-refractivity contribution in [3.8, 4) is 0 Å². The fourth-order valence-corrected chi connectivity index (χ4v) is 3.63. The Labute approximate surface area is 118 Å². The summed E-state index contributed by atoms with van der Waals surface area (Å²) in [4.78, 5) is 15.6. The maximum Gasteiger partial charge on any atom is 0.311 e. The molecule has 1 heterocycles. The van der Waals surface area contributed by atoms with Gasteiger partial charge in [-0.3, -0.25) is 4.79 Å². The Bertz CT molecular complexity index is 433. The molecule has 1 aromatic heterocycles. The molecule has 1 N–H and O–H groups in total. The summed E-state index contributed by atoms with van der Waals surface area (Å²) in [6.45, 7) is 4.59. The SMILES string of the molecule is CCC1CCC(Nc2nc(CC(=O)OC)cs2)C1C. The van der Waals surface area contributed by atoms with Crippen molar-refractivity contribution < 1.29 is 9.53 Å². The number of esters is 1. The molecule has 106 valence electrons. The van der Waals surface area contributed by atoms with E-state index in [1.165, 1.54) is 26.4 Å². The molecular weight excluding hydrogens is 260 g/mol. The second-order valence-corrected chi connectivity index (χ2v) is 6.11. The number of nitrogens with zero attached hydrogens (tertiary/aromatic N) is 1. The first kappa shape index (κ1) is 14.3. The van der Waals surface area contributed by atoms with E-state index in [0.29, 0.717) is 12.0 Å². The summed E-state index contributed by atoms with van der Waals surface area (Å²) in [5, 5.41) is 6.37. The summed E-state index contributed by atoms with van der Waals surface area (Å²) in [7, 11) is 1.40. The maximum atomic E-state index is 11.2. The Kier molecular flexibility index (Phi) is 4.80. The Hall–Kier alpha value is -1.10. The van der Waals surface area contributed by atoms with E-state index >= 15 is 0 Å². The molecule has 0 amide bonds. The quantitative estimate of drug-likeness (QED) is 0.843. The highest BCUT2D eigenvalue weighted by Crippen LogP contribution is 2.36. The molecule has 0 bridgehead atoms. The maximum absolute atomic E-state index is 11.2. The van der Waals surface area contributed by atoms with E-state index in [1.807, 2.05) is 5.38 Å². The molecule has 0 spiro atoms. The lowest BCUT2D eigenvalue weighted by atomic mass is 9.94. The van der Waals surface area contributed by atoms with Crippen molar-refractivity contribution in [1.29, 1.82) is 0 Å². The van der Waals surface area contributed by atoms with Gasteiger partial charge in [0.05, 0.1) is 19.2 Å². The van der Waals surface area contributed by atoms with Crippen LogP contribution in [0.3, 0.4) is 0 Å². The van der Waals surface area contributed by atoms with Crippen LogP contribution in [0.2, 0.25) is 0 Å². The van der Waals surface area contributed by atoms with Crippen molar-refractivity contribution in [2.24, 2.45) is 11.8 Å². The van der Waals surface area contributed by atoms with Crippen LogP contribution in [-0.2, 0) is 16.0 Å². The Morgan fingerprint density at radius 2 is 2.37 bits per heavy atom. The Balaban J connectivity index is 1.91. The first-order valence-electron chi connectivity index (χ1n) is 6.91. The van der Waals surface area contributed by atoms with Crippen LogP contribution in [0.5, 0.6) is 0 Å². The molecule has 1 aromatic rings. The van der Waals surface area contributed by atoms with E-state index in [0.717, 1.165) is 16.7 Å². The van der Waals surface area contributed by atoms with Gasteiger partial charge in [-0.25, -0.2) is 4.98 Å². The van der Waals surface area contributed by atoms with Crippen LogP contribution in [0, 0.1) is 11.8 Å². The molecule has 1 saturated carbocycles. The van der Waals surface area contributed by atoms with Crippen molar-refractivity contribution in [1.82, 2.24) is 4.98 Å². The predicted octanol–water partition coefficient (Wildman–Crippen LogP) is 3.10. The number of ether oxygens (including phenoxy) is 1. The van der Waals surface area contributed by atoms with Crippen molar-refractivity contribution >= 4 is 22.4 Å². The van der Waals surface area contributed by atoms with E-state index in [4.69, 9.17) is 0 Å².